The highest BCUT2D eigenvalue weighted by molar-refractivity contribution is 14.0. The summed E-state index contributed by atoms with van der Waals surface area (Å²) < 4.78 is 10.8. The molecule has 0 atom stereocenters. The van der Waals surface area contributed by atoms with Gasteiger partial charge in [0.1, 0.15) is 6.54 Å². The Morgan fingerprint density at radius 1 is 1.14 bits per heavy atom. The molecule has 1 heterocycles. The molecule has 9 heteroatoms. The summed E-state index contributed by atoms with van der Waals surface area (Å²) in [6, 6.07) is 7.30. The molecule has 0 radical (unpaired) electrons. The number of benzene rings is 1. The van der Waals surface area contributed by atoms with E-state index in [0.29, 0.717) is 23.3 Å². The molecule has 0 amide bonds. The minimum atomic E-state index is 0. The fraction of sp³-hybridized carbons (Fsp3) is 0.526. The second kappa shape index (κ2) is 14.6. The van der Waals surface area contributed by atoms with E-state index in [-0.39, 0.29) is 24.0 Å². The number of hydrogen-bond donors (Lipinski definition) is 2. The van der Waals surface area contributed by atoms with Crippen molar-refractivity contribution in [2.45, 2.75) is 39.7 Å². The highest BCUT2D eigenvalue weighted by Crippen LogP contribution is 2.18. The van der Waals surface area contributed by atoms with Crippen LogP contribution in [0.3, 0.4) is 0 Å². The van der Waals surface area contributed by atoms with Crippen molar-refractivity contribution in [1.82, 2.24) is 20.8 Å². The van der Waals surface area contributed by atoms with Crippen molar-refractivity contribution in [2.75, 3.05) is 26.3 Å². The van der Waals surface area contributed by atoms with Crippen molar-refractivity contribution < 1.29 is 9.26 Å². The summed E-state index contributed by atoms with van der Waals surface area (Å²) in [7, 11) is 0. The Bertz CT molecular complexity index is 694. The first kappa shape index (κ1) is 24.6. The molecule has 28 heavy (non-hydrogen) atoms. The monoisotopic (exact) mass is 521 g/mol. The standard InChI is InChI=1S/C19H28ClN5O2.HI/c1-3-5-12-26-13-6-11-22-19(21-4-2)23-14-17-24-18(25-27-17)15-7-9-16(20)10-8-15;/h7-10H,3-6,11-14H2,1-2H3,(H2,21,22,23);1H. The zero-order chi connectivity index (χ0) is 19.3. The van der Waals surface area contributed by atoms with Gasteiger partial charge in [-0.15, -0.1) is 24.0 Å². The van der Waals surface area contributed by atoms with Gasteiger partial charge in [0.15, 0.2) is 5.96 Å². The molecule has 0 unspecified atom stereocenters. The summed E-state index contributed by atoms with van der Waals surface area (Å²) in [5.41, 5.74) is 0.853. The Morgan fingerprint density at radius 2 is 1.89 bits per heavy atom. The number of hydrogen-bond acceptors (Lipinski definition) is 5. The number of rotatable bonds is 11. The number of aliphatic imine (C=N–C) groups is 1. The molecule has 0 fully saturated rings. The van der Waals surface area contributed by atoms with E-state index in [1.807, 2.05) is 19.1 Å². The lowest BCUT2D eigenvalue weighted by molar-refractivity contribution is 0.129. The Balaban J connectivity index is 0.00000392. The second-order valence-corrected chi connectivity index (χ2v) is 6.40. The number of unbranched alkanes of at least 4 members (excludes halogenated alkanes) is 1. The molecule has 2 N–H and O–H groups in total. The zero-order valence-corrected chi connectivity index (χ0v) is 19.5. The predicted molar refractivity (Wildman–Crippen MR) is 123 cm³/mol. The van der Waals surface area contributed by atoms with Crippen LogP contribution in [0.15, 0.2) is 33.8 Å². The van der Waals surface area contributed by atoms with E-state index in [9.17, 15) is 0 Å². The number of guanidine groups is 1. The quantitative estimate of drug-likeness (QED) is 0.199. The summed E-state index contributed by atoms with van der Waals surface area (Å²) in [5.74, 6) is 1.71. The molecule has 0 aliphatic heterocycles. The van der Waals surface area contributed by atoms with Crippen LogP contribution in [0.25, 0.3) is 11.4 Å². The lowest BCUT2D eigenvalue weighted by Gasteiger charge is -2.10. The Kier molecular flexibility index (Phi) is 12.8. The minimum absolute atomic E-state index is 0. The molecule has 0 aliphatic rings. The average Bonchev–Trinajstić information content (AvgIpc) is 3.15. The van der Waals surface area contributed by atoms with Gasteiger partial charge in [0, 0.05) is 36.9 Å². The maximum Gasteiger partial charge on any atom is 0.248 e. The fourth-order valence-electron chi connectivity index (χ4n) is 2.25. The third-order valence-electron chi connectivity index (χ3n) is 3.69. The van der Waals surface area contributed by atoms with Crippen LogP contribution in [-0.4, -0.2) is 42.4 Å². The molecule has 0 saturated heterocycles. The molecule has 0 spiro atoms. The van der Waals surface area contributed by atoms with E-state index in [2.05, 4.69) is 32.7 Å². The van der Waals surface area contributed by atoms with Gasteiger partial charge < -0.3 is 19.9 Å². The van der Waals surface area contributed by atoms with Crippen molar-refractivity contribution >= 4 is 41.5 Å². The smallest absolute Gasteiger partial charge is 0.248 e. The van der Waals surface area contributed by atoms with Gasteiger partial charge in [0.2, 0.25) is 11.7 Å². The van der Waals surface area contributed by atoms with Crippen molar-refractivity contribution in [3.05, 3.63) is 35.2 Å². The molecular weight excluding hydrogens is 493 g/mol. The van der Waals surface area contributed by atoms with Crippen LogP contribution in [-0.2, 0) is 11.3 Å². The van der Waals surface area contributed by atoms with E-state index in [4.69, 9.17) is 20.9 Å². The van der Waals surface area contributed by atoms with Crippen molar-refractivity contribution in [2.24, 2.45) is 4.99 Å². The van der Waals surface area contributed by atoms with Gasteiger partial charge in [0.25, 0.3) is 0 Å². The molecular formula is C19H29ClIN5O2. The maximum absolute atomic E-state index is 5.90. The molecule has 2 rings (SSSR count). The third kappa shape index (κ3) is 9.20. The first-order valence-corrected chi connectivity index (χ1v) is 9.79. The Hall–Kier alpha value is -1.39. The molecule has 156 valence electrons. The summed E-state index contributed by atoms with van der Waals surface area (Å²) >= 11 is 5.90. The second-order valence-electron chi connectivity index (χ2n) is 5.96. The van der Waals surface area contributed by atoms with E-state index in [1.54, 1.807) is 12.1 Å². The van der Waals surface area contributed by atoms with Gasteiger partial charge in [-0.3, -0.25) is 0 Å². The highest BCUT2D eigenvalue weighted by atomic mass is 127. The van der Waals surface area contributed by atoms with Gasteiger partial charge in [-0.05, 0) is 44.0 Å². The fourth-order valence-corrected chi connectivity index (χ4v) is 2.38. The van der Waals surface area contributed by atoms with Crippen LogP contribution in [0, 0.1) is 0 Å². The Labute approximate surface area is 188 Å². The van der Waals surface area contributed by atoms with Gasteiger partial charge in [-0.25, -0.2) is 4.99 Å². The minimum Gasteiger partial charge on any atom is -0.381 e. The van der Waals surface area contributed by atoms with Crippen LogP contribution in [0.1, 0.15) is 39.0 Å². The van der Waals surface area contributed by atoms with Gasteiger partial charge in [-0.1, -0.05) is 30.1 Å². The van der Waals surface area contributed by atoms with E-state index >= 15 is 0 Å². The number of halogens is 2. The Morgan fingerprint density at radius 3 is 2.61 bits per heavy atom. The first-order chi connectivity index (χ1) is 13.2. The van der Waals surface area contributed by atoms with E-state index in [1.165, 1.54) is 0 Å². The molecule has 1 aromatic carbocycles. The molecule has 0 bridgehead atoms. The predicted octanol–water partition coefficient (Wildman–Crippen LogP) is 4.27. The molecule has 1 aromatic heterocycles. The largest absolute Gasteiger partial charge is 0.381 e. The zero-order valence-electron chi connectivity index (χ0n) is 16.4. The van der Waals surface area contributed by atoms with Crippen LogP contribution in [0.5, 0.6) is 0 Å². The van der Waals surface area contributed by atoms with Crippen LogP contribution in [0.2, 0.25) is 5.02 Å². The summed E-state index contributed by atoms with van der Waals surface area (Å²) in [6.45, 7) is 7.64. The van der Waals surface area contributed by atoms with Gasteiger partial charge in [-0.2, -0.15) is 4.98 Å². The highest BCUT2D eigenvalue weighted by Gasteiger charge is 2.08. The van der Waals surface area contributed by atoms with Crippen LogP contribution in [0.4, 0.5) is 0 Å². The number of nitrogens with one attached hydrogen (secondary N) is 2. The molecule has 0 aliphatic carbocycles. The lowest BCUT2D eigenvalue weighted by atomic mass is 10.2. The number of aromatic nitrogens is 2. The van der Waals surface area contributed by atoms with E-state index in [0.717, 1.165) is 57.1 Å². The van der Waals surface area contributed by atoms with Crippen molar-refractivity contribution in [3.63, 3.8) is 0 Å². The normalized spacial score (nSPS) is 11.2. The topological polar surface area (TPSA) is 84.6 Å². The average molecular weight is 522 g/mol. The van der Waals surface area contributed by atoms with Gasteiger partial charge >= 0.3 is 0 Å². The van der Waals surface area contributed by atoms with Crippen LogP contribution >= 0.6 is 35.6 Å². The van der Waals surface area contributed by atoms with Crippen molar-refractivity contribution in [1.29, 1.82) is 0 Å². The summed E-state index contributed by atoms with van der Waals surface area (Å²) in [6.07, 6.45) is 3.19. The van der Waals surface area contributed by atoms with Gasteiger partial charge in [0.05, 0.1) is 0 Å². The number of ether oxygens (including phenoxy) is 1. The van der Waals surface area contributed by atoms with E-state index < -0.39 is 0 Å². The number of nitrogens with zero attached hydrogens (tertiary/aromatic N) is 3. The molecule has 7 nitrogen and oxygen atoms in total. The first-order valence-electron chi connectivity index (χ1n) is 9.41. The summed E-state index contributed by atoms with van der Waals surface area (Å²) in [4.78, 5) is 8.87. The maximum atomic E-state index is 5.90. The van der Waals surface area contributed by atoms with Crippen molar-refractivity contribution in [3.8, 4) is 11.4 Å². The summed E-state index contributed by atoms with van der Waals surface area (Å²) in [5, 5.41) is 11.1. The lowest BCUT2D eigenvalue weighted by Crippen LogP contribution is -2.38. The third-order valence-corrected chi connectivity index (χ3v) is 3.94. The SMILES string of the molecule is CCCCOCCCNC(=NCc1nc(-c2ccc(Cl)cc2)no1)NCC.I. The molecule has 0 saturated carbocycles. The molecule has 2 aromatic rings. The van der Waals surface area contributed by atoms with Crippen LogP contribution < -0.4 is 10.6 Å².